The first kappa shape index (κ1) is 13.2. The summed E-state index contributed by atoms with van der Waals surface area (Å²) in [6, 6.07) is 6.92. The predicted octanol–water partition coefficient (Wildman–Crippen LogP) is 3.60. The first-order chi connectivity index (χ1) is 8.61. The number of pyridine rings is 1. The molecular formula is C14H14BrFN2. The second-order valence-corrected chi connectivity index (χ2v) is 5.10. The molecule has 1 heterocycles. The third-order valence-electron chi connectivity index (χ3n) is 2.79. The van der Waals surface area contributed by atoms with E-state index in [9.17, 15) is 4.39 Å². The number of aryl methyl sites for hydroxylation is 1. The van der Waals surface area contributed by atoms with Crippen LogP contribution in [0.25, 0.3) is 0 Å². The van der Waals surface area contributed by atoms with E-state index in [2.05, 4.69) is 26.2 Å². The highest BCUT2D eigenvalue weighted by atomic mass is 79.9. The summed E-state index contributed by atoms with van der Waals surface area (Å²) in [6.45, 7) is 1.97. The lowest BCUT2D eigenvalue weighted by Crippen LogP contribution is -2.19. The molecule has 0 amide bonds. The number of nitrogens with one attached hydrogen (secondary N) is 1. The van der Waals surface area contributed by atoms with Gasteiger partial charge in [-0.05, 0) is 37.2 Å². The Hall–Kier alpha value is -1.26. The standard InChI is InChI=1S/C14H14BrFN2/c1-9-5-10(8-18-7-9)14(17-2)12-4-3-11(15)6-13(12)16/h3-8,14,17H,1-2H3. The predicted molar refractivity (Wildman–Crippen MR) is 74.0 cm³/mol. The number of benzene rings is 1. The summed E-state index contributed by atoms with van der Waals surface area (Å²) < 4.78 is 14.7. The summed E-state index contributed by atoms with van der Waals surface area (Å²) in [5, 5.41) is 3.13. The van der Waals surface area contributed by atoms with Crippen molar-refractivity contribution in [1.82, 2.24) is 10.3 Å². The van der Waals surface area contributed by atoms with Crippen LogP contribution in [0.15, 0.2) is 41.1 Å². The highest BCUT2D eigenvalue weighted by Gasteiger charge is 2.16. The molecule has 0 aliphatic carbocycles. The van der Waals surface area contributed by atoms with Crippen molar-refractivity contribution in [3.8, 4) is 0 Å². The minimum absolute atomic E-state index is 0.189. The molecule has 94 valence electrons. The van der Waals surface area contributed by atoms with Gasteiger partial charge in [0.2, 0.25) is 0 Å². The van der Waals surface area contributed by atoms with Gasteiger partial charge in [-0.1, -0.05) is 28.1 Å². The lowest BCUT2D eigenvalue weighted by Gasteiger charge is -2.18. The largest absolute Gasteiger partial charge is 0.309 e. The van der Waals surface area contributed by atoms with Gasteiger partial charge in [0, 0.05) is 22.4 Å². The third kappa shape index (κ3) is 2.76. The van der Waals surface area contributed by atoms with E-state index in [4.69, 9.17) is 0 Å². The maximum atomic E-state index is 14.0. The molecule has 4 heteroatoms. The van der Waals surface area contributed by atoms with Crippen molar-refractivity contribution in [2.24, 2.45) is 0 Å². The van der Waals surface area contributed by atoms with Crippen LogP contribution in [0.3, 0.4) is 0 Å². The summed E-state index contributed by atoms with van der Waals surface area (Å²) in [5.41, 5.74) is 2.64. The monoisotopic (exact) mass is 308 g/mol. The zero-order chi connectivity index (χ0) is 13.1. The molecule has 0 aliphatic rings. The smallest absolute Gasteiger partial charge is 0.129 e. The highest BCUT2D eigenvalue weighted by molar-refractivity contribution is 9.10. The van der Waals surface area contributed by atoms with E-state index in [0.29, 0.717) is 5.56 Å². The fourth-order valence-corrected chi connectivity index (χ4v) is 2.31. The molecule has 0 radical (unpaired) electrons. The van der Waals surface area contributed by atoms with E-state index in [1.807, 2.05) is 26.1 Å². The minimum Gasteiger partial charge on any atom is -0.309 e. The Labute approximate surface area is 114 Å². The molecule has 0 bridgehead atoms. The van der Waals surface area contributed by atoms with Gasteiger partial charge in [0.25, 0.3) is 0 Å². The summed E-state index contributed by atoms with van der Waals surface area (Å²) in [5.74, 6) is -0.231. The fourth-order valence-electron chi connectivity index (χ4n) is 1.97. The van der Waals surface area contributed by atoms with E-state index in [1.54, 1.807) is 18.5 Å². The Morgan fingerprint density at radius 2 is 2.06 bits per heavy atom. The van der Waals surface area contributed by atoms with Crippen molar-refractivity contribution in [1.29, 1.82) is 0 Å². The number of rotatable bonds is 3. The van der Waals surface area contributed by atoms with Gasteiger partial charge in [-0.25, -0.2) is 4.39 Å². The second-order valence-electron chi connectivity index (χ2n) is 4.18. The molecule has 1 atom stereocenters. The first-order valence-corrected chi connectivity index (χ1v) is 6.45. The maximum absolute atomic E-state index is 14.0. The van der Waals surface area contributed by atoms with Crippen molar-refractivity contribution < 1.29 is 4.39 Å². The molecule has 18 heavy (non-hydrogen) atoms. The van der Waals surface area contributed by atoms with Gasteiger partial charge in [0.05, 0.1) is 6.04 Å². The molecule has 2 rings (SSSR count). The number of hydrogen-bond donors (Lipinski definition) is 1. The van der Waals surface area contributed by atoms with E-state index < -0.39 is 0 Å². The summed E-state index contributed by atoms with van der Waals surface area (Å²) >= 11 is 3.26. The number of hydrogen-bond acceptors (Lipinski definition) is 2. The van der Waals surface area contributed by atoms with Crippen LogP contribution in [0.2, 0.25) is 0 Å². The van der Waals surface area contributed by atoms with Crippen molar-refractivity contribution >= 4 is 15.9 Å². The molecule has 2 aromatic rings. The topological polar surface area (TPSA) is 24.9 Å². The number of nitrogens with zero attached hydrogens (tertiary/aromatic N) is 1. The molecule has 1 aromatic carbocycles. The van der Waals surface area contributed by atoms with Gasteiger partial charge in [0.15, 0.2) is 0 Å². The normalized spacial score (nSPS) is 12.4. The van der Waals surface area contributed by atoms with E-state index >= 15 is 0 Å². The fraction of sp³-hybridized carbons (Fsp3) is 0.214. The number of halogens is 2. The van der Waals surface area contributed by atoms with Crippen molar-refractivity contribution in [2.75, 3.05) is 7.05 Å². The summed E-state index contributed by atoms with van der Waals surface area (Å²) in [7, 11) is 1.81. The Kier molecular flexibility index (Phi) is 4.09. The molecule has 1 aromatic heterocycles. The van der Waals surface area contributed by atoms with Crippen LogP contribution in [0.1, 0.15) is 22.7 Å². The van der Waals surface area contributed by atoms with Gasteiger partial charge >= 0.3 is 0 Å². The number of aromatic nitrogens is 1. The van der Waals surface area contributed by atoms with Crippen molar-refractivity contribution in [3.63, 3.8) is 0 Å². The molecule has 2 nitrogen and oxygen atoms in total. The molecule has 1 unspecified atom stereocenters. The quantitative estimate of drug-likeness (QED) is 0.937. The van der Waals surface area contributed by atoms with Crippen LogP contribution in [-0.4, -0.2) is 12.0 Å². The SMILES string of the molecule is CNC(c1cncc(C)c1)c1ccc(Br)cc1F. The van der Waals surface area contributed by atoms with Crippen LogP contribution in [0.5, 0.6) is 0 Å². The third-order valence-corrected chi connectivity index (χ3v) is 3.28. The summed E-state index contributed by atoms with van der Waals surface area (Å²) in [4.78, 5) is 4.15. The maximum Gasteiger partial charge on any atom is 0.129 e. The molecule has 0 saturated carbocycles. The lowest BCUT2D eigenvalue weighted by atomic mass is 9.99. The van der Waals surface area contributed by atoms with Gasteiger partial charge in [-0.3, -0.25) is 4.98 Å². The van der Waals surface area contributed by atoms with Crippen LogP contribution < -0.4 is 5.32 Å². The molecule has 0 fully saturated rings. The van der Waals surface area contributed by atoms with Crippen molar-refractivity contribution in [3.05, 3.63) is 63.6 Å². The van der Waals surface area contributed by atoms with E-state index in [1.165, 1.54) is 6.07 Å². The van der Waals surface area contributed by atoms with Crippen LogP contribution in [0.4, 0.5) is 4.39 Å². The average Bonchev–Trinajstić information content (AvgIpc) is 2.33. The first-order valence-electron chi connectivity index (χ1n) is 5.65. The van der Waals surface area contributed by atoms with Crippen molar-refractivity contribution in [2.45, 2.75) is 13.0 Å². The Morgan fingerprint density at radius 1 is 1.28 bits per heavy atom. The molecule has 0 aliphatic heterocycles. The van der Waals surface area contributed by atoms with Gasteiger partial charge < -0.3 is 5.32 Å². The summed E-state index contributed by atoms with van der Waals surface area (Å²) in [6.07, 6.45) is 3.55. The highest BCUT2D eigenvalue weighted by Crippen LogP contribution is 2.26. The minimum atomic E-state index is -0.231. The van der Waals surface area contributed by atoms with Crippen LogP contribution >= 0.6 is 15.9 Å². The Morgan fingerprint density at radius 3 is 2.67 bits per heavy atom. The zero-order valence-electron chi connectivity index (χ0n) is 10.2. The van der Waals surface area contributed by atoms with E-state index in [0.717, 1.165) is 15.6 Å². The second kappa shape index (κ2) is 5.59. The van der Waals surface area contributed by atoms with Gasteiger partial charge in [-0.15, -0.1) is 0 Å². The van der Waals surface area contributed by atoms with Crippen LogP contribution in [-0.2, 0) is 0 Å². The van der Waals surface area contributed by atoms with Gasteiger partial charge in [0.1, 0.15) is 5.82 Å². The Balaban J connectivity index is 2.45. The van der Waals surface area contributed by atoms with Gasteiger partial charge in [-0.2, -0.15) is 0 Å². The lowest BCUT2D eigenvalue weighted by molar-refractivity contribution is 0.574. The van der Waals surface area contributed by atoms with E-state index in [-0.39, 0.29) is 11.9 Å². The van der Waals surface area contributed by atoms with Crippen LogP contribution in [0, 0.1) is 12.7 Å². The average molecular weight is 309 g/mol. The molecule has 1 N–H and O–H groups in total. The molecular weight excluding hydrogens is 295 g/mol. The molecule has 0 spiro atoms. The Bertz CT molecular complexity index is 557. The zero-order valence-corrected chi connectivity index (χ0v) is 11.8. The molecule has 0 saturated heterocycles.